The molecular weight excluding hydrogens is 243 g/mol. The van der Waals surface area contributed by atoms with Crippen LogP contribution in [-0.4, -0.2) is 11.3 Å². The molecule has 0 aliphatic carbocycles. The number of nitrogens with zero attached hydrogens (tertiary/aromatic N) is 1. The van der Waals surface area contributed by atoms with Crippen molar-refractivity contribution in [3.63, 3.8) is 0 Å². The van der Waals surface area contributed by atoms with Gasteiger partial charge in [-0.1, -0.05) is 17.5 Å². The van der Waals surface area contributed by atoms with E-state index in [1.54, 1.807) is 0 Å². The summed E-state index contributed by atoms with van der Waals surface area (Å²) in [6.45, 7) is 0. The van der Waals surface area contributed by atoms with Crippen molar-refractivity contribution in [1.82, 2.24) is 4.98 Å². The number of halogens is 4. The Morgan fingerprint density at radius 3 is 2.69 bits per heavy atom. The molecule has 1 aromatic heterocycles. The van der Waals surface area contributed by atoms with Gasteiger partial charge in [-0.3, -0.25) is 0 Å². The quantitative estimate of drug-likeness (QED) is 0.564. The van der Waals surface area contributed by atoms with Gasteiger partial charge >= 0.3 is 6.18 Å². The third-order valence-electron chi connectivity index (χ3n) is 1.56. The smallest absolute Gasteiger partial charge is 0.302 e. The van der Waals surface area contributed by atoms with Crippen LogP contribution in [0.5, 0.6) is 0 Å². The Labute approximate surface area is 94.4 Å². The molecule has 2 nitrogen and oxygen atoms in total. The van der Waals surface area contributed by atoms with Crippen LogP contribution in [0.4, 0.5) is 13.2 Å². The summed E-state index contributed by atoms with van der Waals surface area (Å²) in [6.07, 6.45) is -3.27. The highest BCUT2D eigenvalue weighted by atomic mass is 35.5. The molecule has 1 heterocycles. The van der Waals surface area contributed by atoms with E-state index in [4.69, 9.17) is 11.6 Å². The van der Waals surface area contributed by atoms with Gasteiger partial charge in [-0.05, 0) is 12.0 Å². The fourth-order valence-corrected chi connectivity index (χ4v) is 1.07. The highest BCUT2D eigenvalue weighted by Crippen LogP contribution is 2.30. The van der Waals surface area contributed by atoms with E-state index in [2.05, 4.69) is 16.8 Å². The number of rotatable bonds is 1. The van der Waals surface area contributed by atoms with E-state index in [0.29, 0.717) is 12.5 Å². The van der Waals surface area contributed by atoms with Crippen molar-refractivity contribution in [1.29, 1.82) is 0 Å². The lowest BCUT2D eigenvalue weighted by Gasteiger charge is -2.06. The number of hydrogen-bond acceptors (Lipinski definition) is 2. The average Bonchev–Trinajstić information content (AvgIpc) is 2.19. The molecule has 0 unspecified atom stereocenters. The minimum Gasteiger partial charge on any atom is -0.302 e. The fourth-order valence-electron chi connectivity index (χ4n) is 0.861. The first-order chi connectivity index (χ1) is 7.45. The first kappa shape index (κ1) is 12.5. The lowest BCUT2D eigenvalue weighted by Crippen LogP contribution is -2.05. The number of aromatic nitrogens is 1. The molecule has 0 aromatic carbocycles. The lowest BCUT2D eigenvalue weighted by molar-refractivity contribution is -0.137. The van der Waals surface area contributed by atoms with E-state index >= 15 is 0 Å². The van der Waals surface area contributed by atoms with E-state index in [1.165, 1.54) is 0 Å². The molecule has 0 spiro atoms. The summed E-state index contributed by atoms with van der Waals surface area (Å²) < 4.78 is 36.7. The zero-order valence-electron chi connectivity index (χ0n) is 7.81. The lowest BCUT2D eigenvalue weighted by atomic mass is 10.2. The van der Waals surface area contributed by atoms with Crippen molar-refractivity contribution in [3.05, 3.63) is 28.5 Å². The van der Waals surface area contributed by atoms with Crippen LogP contribution in [0, 0.1) is 11.8 Å². The van der Waals surface area contributed by atoms with E-state index in [1.807, 2.05) is 0 Å². The Kier molecular flexibility index (Phi) is 3.91. The topological polar surface area (TPSA) is 30.0 Å². The van der Waals surface area contributed by atoms with Gasteiger partial charge in [-0.2, -0.15) is 13.2 Å². The predicted octanol–water partition coefficient (Wildman–Crippen LogP) is 2.69. The van der Waals surface area contributed by atoms with E-state index in [0.717, 1.165) is 6.07 Å². The maximum absolute atomic E-state index is 12.2. The summed E-state index contributed by atoms with van der Waals surface area (Å²) in [6, 6.07) is 0.749. The molecule has 1 rings (SSSR count). The maximum atomic E-state index is 12.2. The van der Waals surface area contributed by atoms with Crippen LogP contribution in [0.2, 0.25) is 5.02 Å². The molecule has 0 saturated carbocycles. The number of alkyl halides is 3. The SMILES string of the molecule is O=CCC#Cc1ncc(C(F)(F)F)cc1Cl. The molecule has 16 heavy (non-hydrogen) atoms. The third-order valence-corrected chi connectivity index (χ3v) is 1.85. The first-order valence-electron chi connectivity index (χ1n) is 4.10. The van der Waals surface area contributed by atoms with Crippen molar-refractivity contribution in [2.45, 2.75) is 12.6 Å². The van der Waals surface area contributed by atoms with Gasteiger partial charge in [0.05, 0.1) is 17.0 Å². The Morgan fingerprint density at radius 1 is 1.50 bits per heavy atom. The summed E-state index contributed by atoms with van der Waals surface area (Å²) in [5, 5.41) is -0.187. The normalized spacial score (nSPS) is 10.5. The standard InChI is InChI=1S/C10H5ClF3NO/c11-8-5-7(10(12,13)14)6-15-9(8)3-1-2-4-16/h4-6H,2H2. The minimum atomic E-state index is -4.48. The van der Waals surface area contributed by atoms with Gasteiger partial charge in [0, 0.05) is 6.20 Å². The monoisotopic (exact) mass is 247 g/mol. The Bertz CT molecular complexity index is 459. The molecule has 0 fully saturated rings. The molecule has 0 bridgehead atoms. The fraction of sp³-hybridized carbons (Fsp3) is 0.200. The van der Waals surface area contributed by atoms with E-state index in [9.17, 15) is 18.0 Å². The summed E-state index contributed by atoms with van der Waals surface area (Å²) in [5.74, 6) is 4.80. The second-order valence-corrected chi connectivity index (χ2v) is 3.13. The Hall–Kier alpha value is -1.54. The first-order valence-corrected chi connectivity index (χ1v) is 4.48. The number of carbonyl (C=O) groups excluding carboxylic acids is 1. The van der Waals surface area contributed by atoms with Crippen LogP contribution in [0.25, 0.3) is 0 Å². The second kappa shape index (κ2) is 4.99. The third kappa shape index (κ3) is 3.24. The zero-order chi connectivity index (χ0) is 12.2. The number of carbonyl (C=O) groups is 1. The molecule has 0 aliphatic rings. The van der Waals surface area contributed by atoms with Crippen LogP contribution in [0.3, 0.4) is 0 Å². The van der Waals surface area contributed by atoms with Gasteiger partial charge < -0.3 is 4.79 Å². The molecule has 1 aromatic rings. The Balaban J connectivity index is 3.02. The van der Waals surface area contributed by atoms with Crippen LogP contribution < -0.4 is 0 Å². The van der Waals surface area contributed by atoms with Crippen LogP contribution in [-0.2, 0) is 11.0 Å². The summed E-state index contributed by atoms with van der Waals surface area (Å²) >= 11 is 5.56. The molecule has 84 valence electrons. The van der Waals surface area contributed by atoms with Gasteiger partial charge in [0.15, 0.2) is 0 Å². The molecule has 0 N–H and O–H groups in total. The van der Waals surface area contributed by atoms with Crippen molar-refractivity contribution < 1.29 is 18.0 Å². The molecule has 0 aliphatic heterocycles. The molecule has 0 amide bonds. The highest BCUT2D eigenvalue weighted by molar-refractivity contribution is 6.31. The molecule has 6 heteroatoms. The molecule has 0 atom stereocenters. The van der Waals surface area contributed by atoms with Crippen molar-refractivity contribution in [3.8, 4) is 11.8 Å². The molecule has 0 saturated heterocycles. The average molecular weight is 248 g/mol. The number of hydrogen-bond donors (Lipinski definition) is 0. The van der Waals surface area contributed by atoms with Gasteiger partial charge in [-0.25, -0.2) is 4.98 Å². The zero-order valence-corrected chi connectivity index (χ0v) is 8.56. The summed E-state index contributed by atoms with van der Waals surface area (Å²) in [4.78, 5) is 13.4. The van der Waals surface area contributed by atoms with Gasteiger partial charge in [-0.15, -0.1) is 0 Å². The van der Waals surface area contributed by atoms with Crippen LogP contribution in [0.1, 0.15) is 17.7 Å². The van der Waals surface area contributed by atoms with Gasteiger partial charge in [0.25, 0.3) is 0 Å². The molecule has 0 radical (unpaired) electrons. The number of pyridine rings is 1. The summed E-state index contributed by atoms with van der Waals surface area (Å²) in [5.41, 5.74) is -0.907. The van der Waals surface area contributed by atoms with Crippen molar-refractivity contribution >= 4 is 17.9 Å². The minimum absolute atomic E-state index is 0.0149. The summed E-state index contributed by atoms with van der Waals surface area (Å²) in [7, 11) is 0. The van der Waals surface area contributed by atoms with Crippen LogP contribution in [0.15, 0.2) is 12.3 Å². The molecular formula is C10H5ClF3NO. The second-order valence-electron chi connectivity index (χ2n) is 2.72. The van der Waals surface area contributed by atoms with E-state index in [-0.39, 0.29) is 17.1 Å². The van der Waals surface area contributed by atoms with Crippen molar-refractivity contribution in [2.75, 3.05) is 0 Å². The van der Waals surface area contributed by atoms with Crippen molar-refractivity contribution in [2.24, 2.45) is 0 Å². The highest BCUT2D eigenvalue weighted by Gasteiger charge is 2.31. The largest absolute Gasteiger partial charge is 0.417 e. The maximum Gasteiger partial charge on any atom is 0.417 e. The number of aldehydes is 1. The van der Waals surface area contributed by atoms with E-state index < -0.39 is 11.7 Å². The van der Waals surface area contributed by atoms with Gasteiger partial charge in [0.2, 0.25) is 0 Å². The Morgan fingerprint density at radius 2 is 2.19 bits per heavy atom. The predicted molar refractivity (Wildman–Crippen MR) is 51.8 cm³/mol. The van der Waals surface area contributed by atoms with Gasteiger partial charge in [0.1, 0.15) is 12.0 Å². The van der Waals surface area contributed by atoms with Crippen LogP contribution >= 0.6 is 11.6 Å².